The van der Waals surface area contributed by atoms with Crippen LogP contribution in [0.4, 0.5) is 0 Å². The number of ether oxygens (including phenoxy) is 1. The molecule has 0 amide bonds. The summed E-state index contributed by atoms with van der Waals surface area (Å²) in [6, 6.07) is 17.7. The number of aromatic hydroxyl groups is 1. The smallest absolute Gasteiger partial charge is 0.334 e. The van der Waals surface area contributed by atoms with Crippen molar-refractivity contribution in [3.05, 3.63) is 76.9 Å². The van der Waals surface area contributed by atoms with E-state index >= 15 is 0 Å². The Morgan fingerprint density at radius 1 is 1.04 bits per heavy atom. The summed E-state index contributed by atoms with van der Waals surface area (Å²) >= 11 is 0. The van der Waals surface area contributed by atoms with Gasteiger partial charge in [0.05, 0.1) is 6.61 Å². The van der Waals surface area contributed by atoms with Crippen molar-refractivity contribution < 1.29 is 14.6 Å². The highest BCUT2D eigenvalue weighted by Gasteiger charge is 2.24. The highest BCUT2D eigenvalue weighted by molar-refractivity contribution is 5.89. The van der Waals surface area contributed by atoms with Crippen molar-refractivity contribution in [2.24, 2.45) is 0 Å². The third-order valence-corrected chi connectivity index (χ3v) is 4.94. The normalized spacial score (nSPS) is 15.0. The molecule has 0 aromatic heterocycles. The zero-order valence-corrected chi connectivity index (χ0v) is 15.9. The van der Waals surface area contributed by atoms with Crippen molar-refractivity contribution in [2.75, 3.05) is 19.7 Å². The van der Waals surface area contributed by atoms with Crippen molar-refractivity contribution in [1.82, 2.24) is 4.90 Å². The monoisotopic (exact) mass is 365 g/mol. The minimum atomic E-state index is -0.169. The van der Waals surface area contributed by atoms with E-state index in [1.165, 1.54) is 11.1 Å². The average Bonchev–Trinajstić information content (AvgIpc) is 2.69. The van der Waals surface area contributed by atoms with E-state index in [9.17, 15) is 9.90 Å². The first-order valence-electron chi connectivity index (χ1n) is 9.58. The molecule has 1 aliphatic rings. The molecule has 2 aromatic rings. The van der Waals surface area contributed by atoms with Gasteiger partial charge in [0.15, 0.2) is 0 Å². The number of esters is 1. The molecule has 1 aliphatic heterocycles. The van der Waals surface area contributed by atoms with Gasteiger partial charge in [-0.1, -0.05) is 42.5 Å². The quantitative estimate of drug-likeness (QED) is 0.751. The van der Waals surface area contributed by atoms with Gasteiger partial charge < -0.3 is 9.84 Å². The molecular weight excluding hydrogens is 338 g/mol. The number of rotatable bonds is 7. The lowest BCUT2D eigenvalue weighted by molar-refractivity contribution is -0.138. The van der Waals surface area contributed by atoms with Gasteiger partial charge in [0.2, 0.25) is 0 Å². The van der Waals surface area contributed by atoms with Gasteiger partial charge in [0.1, 0.15) is 5.75 Å². The molecule has 1 heterocycles. The Hall–Kier alpha value is -2.59. The van der Waals surface area contributed by atoms with Crippen LogP contribution in [0.25, 0.3) is 0 Å². The van der Waals surface area contributed by atoms with Gasteiger partial charge in [-0.05, 0) is 55.0 Å². The Balaban J connectivity index is 1.72. The summed E-state index contributed by atoms with van der Waals surface area (Å²) in [7, 11) is 0. The zero-order valence-electron chi connectivity index (χ0n) is 15.9. The van der Waals surface area contributed by atoms with Crippen LogP contribution in [0.3, 0.4) is 0 Å². The highest BCUT2D eigenvalue weighted by Crippen LogP contribution is 2.25. The summed E-state index contributed by atoms with van der Waals surface area (Å²) in [5.41, 5.74) is 4.46. The largest absolute Gasteiger partial charge is 0.508 e. The summed E-state index contributed by atoms with van der Waals surface area (Å²) in [5.74, 6) is 0.106. The first-order valence-corrected chi connectivity index (χ1v) is 9.58. The maximum atomic E-state index is 12.4. The molecule has 0 radical (unpaired) electrons. The Kier molecular flexibility index (Phi) is 6.66. The number of hydrogen-bond acceptors (Lipinski definition) is 4. The predicted molar refractivity (Wildman–Crippen MR) is 106 cm³/mol. The summed E-state index contributed by atoms with van der Waals surface area (Å²) in [5, 5.41) is 9.45. The zero-order chi connectivity index (χ0) is 19.1. The van der Waals surface area contributed by atoms with Crippen molar-refractivity contribution >= 4 is 5.97 Å². The molecule has 4 nitrogen and oxygen atoms in total. The van der Waals surface area contributed by atoms with E-state index in [2.05, 4.69) is 29.2 Å². The van der Waals surface area contributed by atoms with E-state index in [-0.39, 0.29) is 11.7 Å². The van der Waals surface area contributed by atoms with Gasteiger partial charge in [-0.3, -0.25) is 4.90 Å². The molecule has 0 bridgehead atoms. The minimum absolute atomic E-state index is 0.169. The molecule has 0 unspecified atom stereocenters. The molecule has 0 atom stereocenters. The molecule has 1 N–H and O–H groups in total. The molecule has 27 heavy (non-hydrogen) atoms. The molecule has 4 heteroatoms. The summed E-state index contributed by atoms with van der Waals surface area (Å²) in [4.78, 5) is 14.8. The number of phenols is 1. The molecule has 2 aromatic carbocycles. The van der Waals surface area contributed by atoms with Gasteiger partial charge in [-0.25, -0.2) is 4.79 Å². The van der Waals surface area contributed by atoms with Gasteiger partial charge in [-0.15, -0.1) is 0 Å². The third kappa shape index (κ3) is 5.44. The second kappa shape index (κ2) is 9.38. The number of nitrogens with zero attached hydrogens (tertiary/aromatic N) is 1. The standard InChI is InChI=1S/C23H27NO3/c1-2-27-23(26)22-14-15-24(16-19-6-4-3-5-7-19)17-20(22)11-8-18-9-12-21(25)13-10-18/h3-7,9-10,12-13,25H,2,8,11,14-17H2,1H3. The average molecular weight is 365 g/mol. The fourth-order valence-corrected chi connectivity index (χ4v) is 3.52. The van der Waals surface area contributed by atoms with E-state index in [0.29, 0.717) is 6.61 Å². The second-order valence-electron chi connectivity index (χ2n) is 6.92. The molecule has 0 aliphatic carbocycles. The third-order valence-electron chi connectivity index (χ3n) is 4.94. The van der Waals surface area contributed by atoms with E-state index < -0.39 is 0 Å². The maximum absolute atomic E-state index is 12.4. The summed E-state index contributed by atoms with van der Waals surface area (Å²) in [6.45, 7) is 4.80. The topological polar surface area (TPSA) is 49.8 Å². The lowest BCUT2D eigenvalue weighted by Gasteiger charge is -2.30. The van der Waals surface area contributed by atoms with E-state index in [1.54, 1.807) is 12.1 Å². The van der Waals surface area contributed by atoms with Crippen LogP contribution in [-0.2, 0) is 22.5 Å². The van der Waals surface area contributed by atoms with Crippen LogP contribution in [-0.4, -0.2) is 35.7 Å². The number of carbonyl (C=O) groups excluding carboxylic acids is 1. The van der Waals surface area contributed by atoms with Crippen LogP contribution in [0.1, 0.15) is 30.9 Å². The van der Waals surface area contributed by atoms with Crippen LogP contribution < -0.4 is 0 Å². The molecule has 0 saturated heterocycles. The molecule has 0 spiro atoms. The van der Waals surface area contributed by atoms with Crippen LogP contribution in [0.15, 0.2) is 65.7 Å². The first-order chi connectivity index (χ1) is 13.2. The lowest BCUT2D eigenvalue weighted by atomic mass is 9.94. The van der Waals surface area contributed by atoms with Gasteiger partial charge in [-0.2, -0.15) is 0 Å². The summed E-state index contributed by atoms with van der Waals surface area (Å²) < 4.78 is 5.28. The first kappa shape index (κ1) is 19.2. The fraction of sp³-hybridized carbons (Fsp3) is 0.348. The Morgan fingerprint density at radius 2 is 1.78 bits per heavy atom. The Labute approximate surface area is 161 Å². The fourth-order valence-electron chi connectivity index (χ4n) is 3.52. The minimum Gasteiger partial charge on any atom is -0.508 e. The number of carbonyl (C=O) groups is 1. The van der Waals surface area contributed by atoms with E-state index in [1.807, 2.05) is 25.1 Å². The molecular formula is C23H27NO3. The van der Waals surface area contributed by atoms with Gasteiger partial charge in [0.25, 0.3) is 0 Å². The Bertz CT molecular complexity index is 781. The molecule has 0 saturated carbocycles. The maximum Gasteiger partial charge on any atom is 0.334 e. The molecule has 3 rings (SSSR count). The van der Waals surface area contributed by atoms with Gasteiger partial charge in [0, 0.05) is 25.2 Å². The van der Waals surface area contributed by atoms with Crippen LogP contribution in [0.2, 0.25) is 0 Å². The van der Waals surface area contributed by atoms with E-state index in [4.69, 9.17) is 4.74 Å². The van der Waals surface area contributed by atoms with Crippen molar-refractivity contribution in [1.29, 1.82) is 0 Å². The van der Waals surface area contributed by atoms with Crippen LogP contribution >= 0.6 is 0 Å². The molecule has 0 fully saturated rings. The number of aryl methyl sites for hydroxylation is 1. The lowest BCUT2D eigenvalue weighted by Crippen LogP contribution is -2.33. The number of hydrogen-bond donors (Lipinski definition) is 1. The molecule has 142 valence electrons. The SMILES string of the molecule is CCOC(=O)C1=C(CCc2ccc(O)cc2)CN(Cc2ccccc2)CC1. The van der Waals surface area contributed by atoms with Crippen LogP contribution in [0.5, 0.6) is 5.75 Å². The van der Waals surface area contributed by atoms with Gasteiger partial charge >= 0.3 is 5.97 Å². The predicted octanol–water partition coefficient (Wildman–Crippen LogP) is 4.09. The number of phenolic OH excluding ortho intramolecular Hbond substituents is 1. The Morgan fingerprint density at radius 3 is 2.48 bits per heavy atom. The van der Waals surface area contributed by atoms with Crippen LogP contribution in [0, 0.1) is 0 Å². The van der Waals surface area contributed by atoms with Crippen molar-refractivity contribution in [2.45, 2.75) is 32.7 Å². The second-order valence-corrected chi connectivity index (χ2v) is 6.92. The van der Waals surface area contributed by atoms with Crippen molar-refractivity contribution in [3.63, 3.8) is 0 Å². The summed E-state index contributed by atoms with van der Waals surface area (Å²) in [6.07, 6.45) is 2.40. The number of benzene rings is 2. The van der Waals surface area contributed by atoms with E-state index in [0.717, 1.165) is 50.0 Å². The van der Waals surface area contributed by atoms with Crippen molar-refractivity contribution in [3.8, 4) is 5.75 Å². The highest BCUT2D eigenvalue weighted by atomic mass is 16.5.